The van der Waals surface area contributed by atoms with Crippen LogP contribution in [0.4, 0.5) is 0 Å². The van der Waals surface area contributed by atoms with Crippen LogP contribution in [0, 0.1) is 3.57 Å². The molecule has 1 aromatic carbocycles. The van der Waals surface area contributed by atoms with Crippen LogP contribution in [0.25, 0.3) is 11.5 Å². The predicted octanol–water partition coefficient (Wildman–Crippen LogP) is 3.52. The molecule has 3 rings (SSSR count). The van der Waals surface area contributed by atoms with E-state index in [1.54, 1.807) is 0 Å². The van der Waals surface area contributed by atoms with Gasteiger partial charge in [0.2, 0.25) is 11.7 Å². The number of carboxylic acid groups (broad SMARTS) is 1. The molecule has 1 aromatic heterocycles. The average Bonchev–Trinajstić information content (AvgIpc) is 3.07. The maximum Gasteiger partial charge on any atom is 0.373 e. The van der Waals surface area contributed by atoms with Crippen molar-refractivity contribution in [2.45, 2.75) is 18.8 Å². The Bertz CT molecular complexity index is 616. The van der Waals surface area contributed by atoms with Crippen molar-refractivity contribution >= 4 is 28.6 Å². The van der Waals surface area contributed by atoms with Crippen LogP contribution < -0.4 is 0 Å². The van der Waals surface area contributed by atoms with Crippen LogP contribution in [0.2, 0.25) is 0 Å². The van der Waals surface area contributed by atoms with E-state index >= 15 is 0 Å². The minimum atomic E-state index is -1.04. The Morgan fingerprint density at radius 2 is 2.22 bits per heavy atom. The highest BCUT2D eigenvalue weighted by molar-refractivity contribution is 14.1. The van der Waals surface area contributed by atoms with E-state index in [-0.39, 0.29) is 11.7 Å². The van der Waals surface area contributed by atoms with E-state index < -0.39 is 5.97 Å². The first-order chi connectivity index (χ1) is 8.65. The maximum absolute atomic E-state index is 11.1. The van der Waals surface area contributed by atoms with Crippen LogP contribution in [-0.2, 0) is 0 Å². The van der Waals surface area contributed by atoms with Crippen molar-refractivity contribution in [3.8, 4) is 11.5 Å². The summed E-state index contributed by atoms with van der Waals surface area (Å²) in [5, 5.41) is 9.12. The van der Waals surface area contributed by atoms with Gasteiger partial charge in [-0.3, -0.25) is 0 Å². The van der Waals surface area contributed by atoms with Crippen molar-refractivity contribution < 1.29 is 14.3 Å². The van der Waals surface area contributed by atoms with Crippen LogP contribution in [0.5, 0.6) is 0 Å². The second kappa shape index (κ2) is 4.38. The smallest absolute Gasteiger partial charge is 0.373 e. The molecule has 1 fully saturated rings. The van der Waals surface area contributed by atoms with Crippen LogP contribution in [-0.4, -0.2) is 16.1 Å². The number of hydrogen-bond donors (Lipinski definition) is 1. The van der Waals surface area contributed by atoms with Gasteiger partial charge in [0, 0.05) is 15.1 Å². The van der Waals surface area contributed by atoms with Gasteiger partial charge >= 0.3 is 5.97 Å². The Balaban J connectivity index is 2.07. The fraction of sp³-hybridized carbons (Fsp3) is 0.231. The van der Waals surface area contributed by atoms with E-state index in [2.05, 4.69) is 27.6 Å². The summed E-state index contributed by atoms with van der Waals surface area (Å²) < 4.78 is 6.47. The van der Waals surface area contributed by atoms with Gasteiger partial charge in [-0.15, -0.1) is 0 Å². The van der Waals surface area contributed by atoms with Crippen LogP contribution in [0.1, 0.15) is 35.0 Å². The third-order valence-electron chi connectivity index (χ3n) is 2.88. The summed E-state index contributed by atoms with van der Waals surface area (Å²) in [5.41, 5.74) is 1.41. The van der Waals surface area contributed by atoms with Gasteiger partial charge in [-0.25, -0.2) is 9.78 Å². The first-order valence-electron chi connectivity index (χ1n) is 5.65. The number of halogens is 1. The molecule has 1 aliphatic carbocycles. The second-order valence-corrected chi connectivity index (χ2v) is 5.57. The molecule has 0 spiro atoms. The summed E-state index contributed by atoms with van der Waals surface area (Å²) in [6.07, 6.45) is 2.00. The lowest BCUT2D eigenvalue weighted by atomic mass is 10.2. The number of oxazole rings is 1. The molecule has 0 radical (unpaired) electrons. The highest BCUT2D eigenvalue weighted by atomic mass is 127. The summed E-state index contributed by atoms with van der Waals surface area (Å²) in [6, 6.07) is 7.66. The van der Waals surface area contributed by atoms with Crippen molar-refractivity contribution in [1.29, 1.82) is 0 Å². The number of aromatic carboxylic acids is 1. The SMILES string of the molecule is O=C(O)c1oc(-c2cccc(I)c2)nc1C1CC1. The third kappa shape index (κ3) is 2.14. The Morgan fingerprint density at radius 1 is 1.44 bits per heavy atom. The fourth-order valence-corrected chi connectivity index (χ4v) is 2.41. The molecule has 0 aliphatic heterocycles. The van der Waals surface area contributed by atoms with Gasteiger partial charge in [0.15, 0.2) is 0 Å². The van der Waals surface area contributed by atoms with Crippen LogP contribution in [0.15, 0.2) is 28.7 Å². The van der Waals surface area contributed by atoms with E-state index in [0.29, 0.717) is 11.6 Å². The molecule has 1 aliphatic rings. The highest BCUT2D eigenvalue weighted by Crippen LogP contribution is 2.42. The van der Waals surface area contributed by atoms with Gasteiger partial charge in [0.1, 0.15) is 0 Å². The second-order valence-electron chi connectivity index (χ2n) is 4.32. The third-order valence-corrected chi connectivity index (χ3v) is 3.55. The summed E-state index contributed by atoms with van der Waals surface area (Å²) in [4.78, 5) is 15.5. The number of carboxylic acids is 1. The molecule has 4 nitrogen and oxygen atoms in total. The van der Waals surface area contributed by atoms with Gasteiger partial charge in [0.25, 0.3) is 0 Å². The summed E-state index contributed by atoms with van der Waals surface area (Å²) in [6.45, 7) is 0. The molecule has 1 N–H and O–H groups in total. The topological polar surface area (TPSA) is 63.3 Å². The lowest BCUT2D eigenvalue weighted by Crippen LogP contribution is -1.98. The quantitative estimate of drug-likeness (QED) is 0.856. The molecule has 0 bridgehead atoms. The van der Waals surface area contributed by atoms with Gasteiger partial charge in [-0.05, 0) is 53.6 Å². The maximum atomic E-state index is 11.1. The zero-order valence-electron chi connectivity index (χ0n) is 9.39. The molecule has 18 heavy (non-hydrogen) atoms. The first-order valence-corrected chi connectivity index (χ1v) is 6.73. The molecule has 0 amide bonds. The lowest BCUT2D eigenvalue weighted by Gasteiger charge is -1.95. The summed E-state index contributed by atoms with van der Waals surface area (Å²) in [5.74, 6) is -0.392. The molecule has 2 aromatic rings. The fourth-order valence-electron chi connectivity index (χ4n) is 1.86. The minimum Gasteiger partial charge on any atom is -0.475 e. The Labute approximate surface area is 117 Å². The molecule has 5 heteroatoms. The van der Waals surface area contributed by atoms with Crippen LogP contribution >= 0.6 is 22.6 Å². The molecule has 0 unspecified atom stereocenters. The molecule has 1 heterocycles. The molecular weight excluding hydrogens is 345 g/mol. The van der Waals surface area contributed by atoms with E-state index in [1.807, 2.05) is 24.3 Å². The molecule has 0 atom stereocenters. The van der Waals surface area contributed by atoms with E-state index in [4.69, 9.17) is 9.52 Å². The average molecular weight is 355 g/mol. The standard InChI is InChI=1S/C13H10INO3/c14-9-3-1-2-8(6-9)12-15-10(7-4-5-7)11(18-12)13(16)17/h1-3,6-7H,4-5H2,(H,16,17). The monoisotopic (exact) mass is 355 g/mol. The van der Waals surface area contributed by atoms with Crippen molar-refractivity contribution in [2.75, 3.05) is 0 Å². The number of hydrogen-bond acceptors (Lipinski definition) is 3. The zero-order valence-corrected chi connectivity index (χ0v) is 11.5. The lowest BCUT2D eigenvalue weighted by molar-refractivity contribution is 0.0661. The molecule has 0 saturated heterocycles. The number of carbonyl (C=O) groups is 1. The number of aromatic nitrogens is 1. The molecule has 1 saturated carbocycles. The molecular formula is C13H10INO3. The zero-order chi connectivity index (χ0) is 12.7. The Morgan fingerprint density at radius 3 is 2.83 bits per heavy atom. The van der Waals surface area contributed by atoms with Crippen molar-refractivity contribution in [3.05, 3.63) is 39.3 Å². The van der Waals surface area contributed by atoms with Crippen LogP contribution in [0.3, 0.4) is 0 Å². The van der Waals surface area contributed by atoms with Crippen molar-refractivity contribution in [3.63, 3.8) is 0 Å². The molecule has 92 valence electrons. The van der Waals surface area contributed by atoms with Gasteiger partial charge < -0.3 is 9.52 Å². The van der Waals surface area contributed by atoms with E-state index in [9.17, 15) is 4.79 Å². The number of benzene rings is 1. The Hall–Kier alpha value is -1.37. The number of rotatable bonds is 3. The largest absolute Gasteiger partial charge is 0.475 e. The van der Waals surface area contributed by atoms with Gasteiger partial charge in [-0.1, -0.05) is 6.07 Å². The first kappa shape index (κ1) is 11.7. The van der Waals surface area contributed by atoms with Gasteiger partial charge in [0.05, 0.1) is 5.69 Å². The number of nitrogens with zero attached hydrogens (tertiary/aromatic N) is 1. The minimum absolute atomic E-state index is 0.00800. The highest BCUT2D eigenvalue weighted by Gasteiger charge is 2.33. The summed E-state index contributed by atoms with van der Waals surface area (Å²) in [7, 11) is 0. The van der Waals surface area contributed by atoms with Gasteiger partial charge in [-0.2, -0.15) is 0 Å². The predicted molar refractivity (Wildman–Crippen MR) is 73.6 cm³/mol. The van der Waals surface area contributed by atoms with E-state index in [0.717, 1.165) is 22.0 Å². The normalized spacial score (nSPS) is 14.7. The van der Waals surface area contributed by atoms with E-state index in [1.165, 1.54) is 0 Å². The van der Waals surface area contributed by atoms with Crippen molar-refractivity contribution in [2.24, 2.45) is 0 Å². The Kier molecular flexibility index (Phi) is 2.85. The summed E-state index contributed by atoms with van der Waals surface area (Å²) >= 11 is 2.20. The van der Waals surface area contributed by atoms with Crippen molar-refractivity contribution in [1.82, 2.24) is 4.98 Å².